The number of hydrogen-bond donors (Lipinski definition) is 0. The number of aromatic nitrogens is 2. The van der Waals surface area contributed by atoms with Gasteiger partial charge in [-0.1, -0.05) is 18.2 Å². The van der Waals surface area contributed by atoms with Gasteiger partial charge >= 0.3 is 0 Å². The molecule has 0 saturated carbocycles. The van der Waals surface area contributed by atoms with E-state index in [9.17, 15) is 13.2 Å². The second-order valence-corrected chi connectivity index (χ2v) is 7.01. The molecule has 0 N–H and O–H groups in total. The molecule has 0 fully saturated rings. The minimum absolute atomic E-state index is 0.0625. The summed E-state index contributed by atoms with van der Waals surface area (Å²) in [5.74, 6) is -0.400. The summed E-state index contributed by atoms with van der Waals surface area (Å²) >= 11 is 0. The van der Waals surface area contributed by atoms with Crippen LogP contribution in [0.2, 0.25) is 0 Å². The summed E-state index contributed by atoms with van der Waals surface area (Å²) in [4.78, 5) is 18.0. The molecule has 1 amide bonds. The van der Waals surface area contributed by atoms with E-state index in [4.69, 9.17) is 0 Å². The van der Waals surface area contributed by atoms with Crippen LogP contribution >= 0.6 is 0 Å². The van der Waals surface area contributed by atoms with Crippen LogP contribution in [0.3, 0.4) is 0 Å². The molecule has 0 aliphatic rings. The molecule has 2 heterocycles. The molecule has 0 spiro atoms. The maximum atomic E-state index is 13.0. The van der Waals surface area contributed by atoms with Crippen LogP contribution in [0.4, 0.5) is 0 Å². The topological polar surface area (TPSA) is 72.3 Å². The van der Waals surface area contributed by atoms with Crippen LogP contribution in [-0.4, -0.2) is 42.3 Å². The van der Waals surface area contributed by atoms with Gasteiger partial charge < -0.3 is 4.90 Å². The molecule has 0 unspecified atom stereocenters. The predicted octanol–water partition coefficient (Wildman–Crippen LogP) is 1.98. The van der Waals surface area contributed by atoms with Crippen molar-refractivity contribution in [1.82, 2.24) is 13.9 Å². The Balaban J connectivity index is 2.36. The van der Waals surface area contributed by atoms with E-state index in [1.54, 1.807) is 50.5 Å². The third-order valence-corrected chi connectivity index (χ3v) is 5.15. The van der Waals surface area contributed by atoms with E-state index >= 15 is 0 Å². The molecule has 0 atom stereocenters. The number of nitrogens with zero attached hydrogens (tertiary/aromatic N) is 3. The van der Waals surface area contributed by atoms with Gasteiger partial charge in [0.25, 0.3) is 15.9 Å². The van der Waals surface area contributed by atoms with Gasteiger partial charge in [-0.2, -0.15) is 0 Å². The van der Waals surface area contributed by atoms with Gasteiger partial charge in [0.15, 0.2) is 5.65 Å². The van der Waals surface area contributed by atoms with Crippen molar-refractivity contribution in [1.29, 1.82) is 0 Å². The van der Waals surface area contributed by atoms with Crippen LogP contribution in [0, 0.1) is 0 Å². The van der Waals surface area contributed by atoms with Gasteiger partial charge in [0, 0.05) is 25.7 Å². The molecule has 7 heteroatoms. The van der Waals surface area contributed by atoms with Crippen molar-refractivity contribution in [3.05, 3.63) is 60.4 Å². The second kappa shape index (κ2) is 5.51. The van der Waals surface area contributed by atoms with E-state index in [1.165, 1.54) is 23.2 Å². The first-order valence-corrected chi connectivity index (χ1v) is 8.35. The third kappa shape index (κ3) is 2.49. The van der Waals surface area contributed by atoms with Gasteiger partial charge in [0.2, 0.25) is 0 Å². The summed E-state index contributed by atoms with van der Waals surface area (Å²) in [6.45, 7) is 0. The lowest BCUT2D eigenvalue weighted by Crippen LogP contribution is -2.27. The van der Waals surface area contributed by atoms with E-state index in [0.717, 1.165) is 3.97 Å². The van der Waals surface area contributed by atoms with E-state index in [2.05, 4.69) is 4.98 Å². The van der Waals surface area contributed by atoms with Gasteiger partial charge in [-0.3, -0.25) is 4.79 Å². The van der Waals surface area contributed by atoms with Gasteiger partial charge in [-0.05, 0) is 30.3 Å². The fourth-order valence-corrected chi connectivity index (χ4v) is 3.81. The molecular formula is C16H15N3O3S. The minimum Gasteiger partial charge on any atom is -0.343 e. The smallest absolute Gasteiger partial charge is 0.271 e. The van der Waals surface area contributed by atoms with Crippen molar-refractivity contribution in [2.45, 2.75) is 4.90 Å². The van der Waals surface area contributed by atoms with Gasteiger partial charge in [0.05, 0.1) is 4.90 Å². The van der Waals surface area contributed by atoms with Gasteiger partial charge in [0.1, 0.15) is 5.69 Å². The Bertz CT molecular complexity index is 976. The number of carbonyl (C=O) groups is 1. The number of benzene rings is 1. The Kier molecular flexibility index (Phi) is 3.65. The van der Waals surface area contributed by atoms with Crippen molar-refractivity contribution in [3.8, 4) is 0 Å². The predicted molar refractivity (Wildman–Crippen MR) is 86.8 cm³/mol. The summed E-state index contributed by atoms with van der Waals surface area (Å²) in [7, 11) is -0.772. The Morgan fingerprint density at radius 1 is 1.09 bits per heavy atom. The summed E-state index contributed by atoms with van der Waals surface area (Å²) < 4.78 is 27.0. The zero-order chi connectivity index (χ0) is 16.6. The maximum absolute atomic E-state index is 13.0. The van der Waals surface area contributed by atoms with Gasteiger partial charge in [-0.25, -0.2) is 17.4 Å². The average molecular weight is 329 g/mol. The highest BCUT2D eigenvalue weighted by atomic mass is 32.2. The highest BCUT2D eigenvalue weighted by Gasteiger charge is 2.27. The monoisotopic (exact) mass is 329 g/mol. The fraction of sp³-hybridized carbons (Fsp3) is 0.125. The first kappa shape index (κ1) is 15.2. The molecule has 0 saturated heterocycles. The van der Waals surface area contributed by atoms with Gasteiger partial charge in [-0.15, -0.1) is 0 Å². The quantitative estimate of drug-likeness (QED) is 0.736. The highest BCUT2D eigenvalue weighted by molar-refractivity contribution is 7.90. The zero-order valence-electron chi connectivity index (χ0n) is 12.7. The van der Waals surface area contributed by atoms with E-state index in [-0.39, 0.29) is 16.2 Å². The minimum atomic E-state index is -3.92. The average Bonchev–Trinajstić information content (AvgIpc) is 2.94. The molecule has 0 radical (unpaired) electrons. The zero-order valence-corrected chi connectivity index (χ0v) is 13.5. The molecule has 6 nitrogen and oxygen atoms in total. The first-order chi connectivity index (χ1) is 10.9. The lowest BCUT2D eigenvalue weighted by Gasteiger charge is -2.14. The van der Waals surface area contributed by atoms with E-state index in [0.29, 0.717) is 5.39 Å². The highest BCUT2D eigenvalue weighted by Crippen LogP contribution is 2.24. The van der Waals surface area contributed by atoms with Crippen LogP contribution in [0.15, 0.2) is 59.6 Å². The molecule has 118 valence electrons. The summed E-state index contributed by atoms with van der Waals surface area (Å²) in [5, 5.41) is 0.595. The number of rotatable bonds is 3. The molecule has 0 bridgehead atoms. The summed E-state index contributed by atoms with van der Waals surface area (Å²) in [5.41, 5.74) is 0.300. The third-order valence-electron chi connectivity index (χ3n) is 3.43. The Hall–Kier alpha value is -2.67. The Morgan fingerprint density at radius 2 is 1.78 bits per heavy atom. The van der Waals surface area contributed by atoms with Crippen molar-refractivity contribution < 1.29 is 13.2 Å². The molecule has 23 heavy (non-hydrogen) atoms. The molecule has 0 aliphatic carbocycles. The normalized spacial score (nSPS) is 11.6. The summed E-state index contributed by atoms with van der Waals surface area (Å²) in [6.07, 6.45) is 1.50. The van der Waals surface area contributed by atoms with Crippen molar-refractivity contribution in [3.63, 3.8) is 0 Å². The van der Waals surface area contributed by atoms with Crippen molar-refractivity contribution in [2.24, 2.45) is 0 Å². The number of amides is 1. The molecular weight excluding hydrogens is 314 g/mol. The SMILES string of the molecule is CN(C)C(=O)c1cc2cccnc2n1S(=O)(=O)c1ccccc1. The molecule has 3 rings (SSSR count). The van der Waals surface area contributed by atoms with Crippen LogP contribution in [0.1, 0.15) is 10.5 Å². The molecule has 0 aliphatic heterocycles. The van der Waals surface area contributed by atoms with E-state index in [1.807, 2.05) is 0 Å². The first-order valence-electron chi connectivity index (χ1n) is 6.91. The molecule has 2 aromatic heterocycles. The Labute approximate surface area is 134 Å². The standard InChI is InChI=1S/C16H15N3O3S/c1-18(2)16(20)14-11-12-7-6-10-17-15(12)19(14)23(21,22)13-8-4-3-5-9-13/h3-11H,1-2H3. The Morgan fingerprint density at radius 3 is 2.43 bits per heavy atom. The van der Waals surface area contributed by atoms with Crippen LogP contribution in [0.25, 0.3) is 11.0 Å². The van der Waals surface area contributed by atoms with E-state index < -0.39 is 15.9 Å². The fourth-order valence-electron chi connectivity index (χ4n) is 2.33. The lowest BCUT2D eigenvalue weighted by atomic mass is 10.3. The van der Waals surface area contributed by atoms with Crippen LogP contribution < -0.4 is 0 Å². The largest absolute Gasteiger partial charge is 0.343 e. The van der Waals surface area contributed by atoms with Crippen molar-refractivity contribution >= 4 is 27.0 Å². The molecule has 1 aromatic carbocycles. The second-order valence-electron chi connectivity index (χ2n) is 5.23. The molecule has 3 aromatic rings. The number of pyridine rings is 1. The number of fused-ring (bicyclic) bond motifs is 1. The van der Waals surface area contributed by atoms with Crippen molar-refractivity contribution in [2.75, 3.05) is 14.1 Å². The van der Waals surface area contributed by atoms with Crippen LogP contribution in [-0.2, 0) is 10.0 Å². The number of carbonyl (C=O) groups excluding carboxylic acids is 1. The summed E-state index contributed by atoms with van der Waals surface area (Å²) in [6, 6.07) is 13.0. The van der Waals surface area contributed by atoms with Crippen LogP contribution in [0.5, 0.6) is 0 Å². The maximum Gasteiger partial charge on any atom is 0.271 e. The number of hydrogen-bond acceptors (Lipinski definition) is 4. The lowest BCUT2D eigenvalue weighted by molar-refractivity contribution is 0.0821.